The van der Waals surface area contributed by atoms with Crippen LogP contribution in [0.3, 0.4) is 0 Å². The molecule has 138 valence electrons. The van der Waals surface area contributed by atoms with Crippen LogP contribution in [-0.4, -0.2) is 25.0 Å². The number of esters is 1. The van der Waals surface area contributed by atoms with E-state index in [0.717, 1.165) is 17.4 Å². The van der Waals surface area contributed by atoms with Crippen LogP contribution < -0.4 is 10.4 Å². The number of hydrogen-bond donors (Lipinski definition) is 0. The van der Waals surface area contributed by atoms with Crippen molar-refractivity contribution in [3.05, 3.63) is 76.1 Å². The molecule has 2 aromatic carbocycles. The van der Waals surface area contributed by atoms with E-state index in [2.05, 4.69) is 0 Å². The van der Waals surface area contributed by atoms with Gasteiger partial charge in [-0.2, -0.15) is 0 Å². The number of ether oxygens (including phenoxy) is 2. The minimum Gasteiger partial charge on any atom is -0.482 e. The van der Waals surface area contributed by atoms with Crippen LogP contribution in [-0.2, 0) is 16.0 Å². The van der Waals surface area contributed by atoms with E-state index in [4.69, 9.17) is 13.9 Å². The summed E-state index contributed by atoms with van der Waals surface area (Å²) in [6, 6.07) is 15.0. The van der Waals surface area contributed by atoms with E-state index in [9.17, 15) is 14.4 Å². The van der Waals surface area contributed by atoms with Gasteiger partial charge in [-0.3, -0.25) is 4.79 Å². The molecule has 1 heterocycles. The molecule has 6 nitrogen and oxygen atoms in total. The molecule has 6 heteroatoms. The third kappa shape index (κ3) is 4.82. The van der Waals surface area contributed by atoms with E-state index in [1.54, 1.807) is 30.3 Å². The largest absolute Gasteiger partial charge is 0.482 e. The summed E-state index contributed by atoms with van der Waals surface area (Å²) >= 11 is 0. The number of aryl methyl sites for hydroxylation is 1. The molecule has 0 bridgehead atoms. The lowest BCUT2D eigenvalue weighted by molar-refractivity contribution is -0.144. The minimum atomic E-state index is -0.664. The highest BCUT2D eigenvalue weighted by atomic mass is 16.6. The van der Waals surface area contributed by atoms with Crippen LogP contribution in [0.2, 0.25) is 0 Å². The fraction of sp³-hybridized carbons (Fsp3) is 0.190. The van der Waals surface area contributed by atoms with Gasteiger partial charge in [0, 0.05) is 23.1 Å². The summed E-state index contributed by atoms with van der Waals surface area (Å²) in [4.78, 5) is 35.1. The van der Waals surface area contributed by atoms with Gasteiger partial charge in [0.15, 0.2) is 19.0 Å². The second-order valence-electron chi connectivity index (χ2n) is 5.88. The van der Waals surface area contributed by atoms with Crippen molar-refractivity contribution in [2.75, 3.05) is 13.2 Å². The lowest BCUT2D eigenvalue weighted by Crippen LogP contribution is -2.19. The maximum Gasteiger partial charge on any atom is 0.344 e. The summed E-state index contributed by atoms with van der Waals surface area (Å²) in [5, 5.41) is 0.740. The number of fused-ring (bicyclic) bond motifs is 1. The highest BCUT2D eigenvalue weighted by Gasteiger charge is 2.11. The fourth-order valence-electron chi connectivity index (χ4n) is 2.47. The van der Waals surface area contributed by atoms with Crippen molar-refractivity contribution < 1.29 is 23.5 Å². The number of benzene rings is 2. The van der Waals surface area contributed by atoms with E-state index < -0.39 is 11.6 Å². The van der Waals surface area contributed by atoms with Crippen molar-refractivity contribution in [2.24, 2.45) is 0 Å². The summed E-state index contributed by atoms with van der Waals surface area (Å²) in [6.07, 6.45) is 0.888. The van der Waals surface area contributed by atoms with Crippen molar-refractivity contribution in [3.8, 4) is 5.75 Å². The standard InChI is InChI=1S/C21H18O6/c1-2-14-3-5-15(6-4-14)18(22)12-26-21(24)13-25-17-9-7-16-8-10-20(23)27-19(16)11-17/h3-11H,2,12-13H2,1H3. The van der Waals surface area contributed by atoms with E-state index >= 15 is 0 Å². The Morgan fingerprint density at radius 3 is 2.44 bits per heavy atom. The lowest BCUT2D eigenvalue weighted by atomic mass is 10.1. The van der Waals surface area contributed by atoms with Gasteiger partial charge in [-0.05, 0) is 30.2 Å². The quantitative estimate of drug-likeness (QED) is 0.363. The van der Waals surface area contributed by atoms with Gasteiger partial charge in [0.25, 0.3) is 0 Å². The van der Waals surface area contributed by atoms with Crippen LogP contribution in [0.25, 0.3) is 11.0 Å². The van der Waals surface area contributed by atoms with Gasteiger partial charge < -0.3 is 13.9 Å². The highest BCUT2D eigenvalue weighted by molar-refractivity contribution is 5.98. The molecule has 3 aromatic rings. The van der Waals surface area contributed by atoms with Crippen molar-refractivity contribution in [1.29, 1.82) is 0 Å². The molecule has 0 aliphatic carbocycles. The van der Waals surface area contributed by atoms with Crippen molar-refractivity contribution in [3.63, 3.8) is 0 Å². The first kappa shape index (κ1) is 18.4. The maximum absolute atomic E-state index is 12.0. The van der Waals surface area contributed by atoms with Crippen molar-refractivity contribution in [2.45, 2.75) is 13.3 Å². The Morgan fingerprint density at radius 2 is 1.70 bits per heavy atom. The van der Waals surface area contributed by atoms with E-state index in [1.165, 1.54) is 12.1 Å². The van der Waals surface area contributed by atoms with Gasteiger partial charge in [0.1, 0.15) is 11.3 Å². The molecular formula is C21H18O6. The molecule has 3 rings (SSSR count). The number of carbonyl (C=O) groups is 2. The highest BCUT2D eigenvalue weighted by Crippen LogP contribution is 2.19. The Morgan fingerprint density at radius 1 is 0.963 bits per heavy atom. The molecule has 0 radical (unpaired) electrons. The zero-order valence-corrected chi connectivity index (χ0v) is 14.8. The average molecular weight is 366 g/mol. The van der Waals surface area contributed by atoms with Gasteiger partial charge in [0.2, 0.25) is 0 Å². The second-order valence-corrected chi connectivity index (χ2v) is 5.88. The molecule has 0 saturated carbocycles. The smallest absolute Gasteiger partial charge is 0.344 e. The normalized spacial score (nSPS) is 10.6. The van der Waals surface area contributed by atoms with Crippen LogP contribution >= 0.6 is 0 Å². The molecule has 0 aliphatic heterocycles. The fourth-order valence-corrected chi connectivity index (χ4v) is 2.47. The molecule has 0 N–H and O–H groups in total. The van der Waals surface area contributed by atoms with Gasteiger partial charge in [-0.15, -0.1) is 0 Å². The van der Waals surface area contributed by atoms with Gasteiger partial charge in [-0.1, -0.05) is 31.2 Å². The maximum atomic E-state index is 12.0. The van der Waals surface area contributed by atoms with Crippen LogP contribution in [0.5, 0.6) is 5.75 Å². The number of hydrogen-bond acceptors (Lipinski definition) is 6. The Labute approximate surface area is 155 Å². The van der Waals surface area contributed by atoms with Gasteiger partial charge >= 0.3 is 11.6 Å². The first-order valence-electron chi connectivity index (χ1n) is 8.49. The van der Waals surface area contributed by atoms with Crippen LogP contribution in [0, 0.1) is 0 Å². The Balaban J connectivity index is 1.51. The number of Topliss-reactive ketones (excluding diaryl/α,β-unsaturated/α-hetero) is 1. The number of carbonyl (C=O) groups excluding carboxylic acids is 2. The summed E-state index contributed by atoms with van der Waals surface area (Å²) in [7, 11) is 0. The molecule has 0 amide bonds. The molecule has 0 saturated heterocycles. The zero-order chi connectivity index (χ0) is 19.2. The molecule has 27 heavy (non-hydrogen) atoms. The monoisotopic (exact) mass is 366 g/mol. The van der Waals surface area contributed by atoms with Gasteiger partial charge in [-0.25, -0.2) is 9.59 Å². The van der Waals surface area contributed by atoms with Crippen molar-refractivity contribution >= 4 is 22.7 Å². The summed E-state index contributed by atoms with van der Waals surface area (Å²) in [6.45, 7) is 1.33. The molecule has 0 atom stereocenters. The Hall–Kier alpha value is -3.41. The predicted molar refractivity (Wildman–Crippen MR) is 99.1 cm³/mol. The van der Waals surface area contributed by atoms with E-state index in [1.807, 2.05) is 19.1 Å². The Kier molecular flexibility index (Phi) is 5.66. The SMILES string of the molecule is CCc1ccc(C(=O)COC(=O)COc2ccc3ccc(=O)oc3c2)cc1. The number of rotatable bonds is 7. The second kappa shape index (κ2) is 8.31. The first-order chi connectivity index (χ1) is 13.0. The van der Waals surface area contributed by atoms with Crippen LogP contribution in [0.15, 0.2) is 63.8 Å². The molecule has 0 spiro atoms. The van der Waals surface area contributed by atoms with Crippen LogP contribution in [0.1, 0.15) is 22.8 Å². The summed E-state index contributed by atoms with van der Waals surface area (Å²) in [5.74, 6) is -0.586. The minimum absolute atomic E-state index is 0.279. The molecule has 1 aromatic heterocycles. The Bertz CT molecular complexity index is 1020. The van der Waals surface area contributed by atoms with Crippen LogP contribution in [0.4, 0.5) is 0 Å². The molecular weight excluding hydrogens is 348 g/mol. The predicted octanol–water partition coefficient (Wildman–Crippen LogP) is 3.16. The molecule has 0 unspecified atom stereocenters. The third-order valence-corrected chi connectivity index (χ3v) is 4.00. The first-order valence-corrected chi connectivity index (χ1v) is 8.49. The molecule has 0 aliphatic rings. The summed E-state index contributed by atoms with van der Waals surface area (Å²) in [5.41, 5.74) is 1.51. The van der Waals surface area contributed by atoms with E-state index in [0.29, 0.717) is 16.9 Å². The topological polar surface area (TPSA) is 82.8 Å². The van der Waals surface area contributed by atoms with Crippen molar-refractivity contribution in [1.82, 2.24) is 0 Å². The third-order valence-electron chi connectivity index (χ3n) is 4.00. The average Bonchev–Trinajstić information content (AvgIpc) is 2.70. The zero-order valence-electron chi connectivity index (χ0n) is 14.8. The lowest BCUT2D eigenvalue weighted by Gasteiger charge is -2.07. The summed E-state index contributed by atoms with van der Waals surface area (Å²) < 4.78 is 15.3. The molecule has 0 fully saturated rings. The number of ketones is 1. The van der Waals surface area contributed by atoms with Gasteiger partial charge in [0.05, 0.1) is 0 Å². The van der Waals surface area contributed by atoms with E-state index in [-0.39, 0.29) is 19.0 Å².